The lowest BCUT2D eigenvalue weighted by Crippen LogP contribution is -2.54. The second-order valence-corrected chi connectivity index (χ2v) is 11.2. The van der Waals surface area contributed by atoms with E-state index in [1.165, 1.54) is 26.9 Å². The summed E-state index contributed by atoms with van der Waals surface area (Å²) in [6, 6.07) is 19.2. The molecule has 4 unspecified atom stereocenters. The van der Waals surface area contributed by atoms with Crippen LogP contribution in [0.1, 0.15) is 12.8 Å². The van der Waals surface area contributed by atoms with Crippen LogP contribution >= 0.6 is 0 Å². The first-order chi connectivity index (χ1) is 18.9. The predicted molar refractivity (Wildman–Crippen MR) is 159 cm³/mol. The molecule has 10 heteroatoms. The summed E-state index contributed by atoms with van der Waals surface area (Å²) in [5, 5.41) is 10.8. The highest BCUT2D eigenvalue weighted by Gasteiger charge is 2.29. The van der Waals surface area contributed by atoms with Crippen LogP contribution < -0.4 is 38.1 Å². The Morgan fingerprint density at radius 3 is 1.64 bits per heavy atom. The Morgan fingerprint density at radius 1 is 0.590 bits per heavy atom. The van der Waals surface area contributed by atoms with E-state index in [1.807, 2.05) is 0 Å². The van der Waals surface area contributed by atoms with E-state index in [4.69, 9.17) is 37.9 Å². The van der Waals surface area contributed by atoms with Gasteiger partial charge in [-0.2, -0.15) is 15.0 Å². The summed E-state index contributed by atoms with van der Waals surface area (Å²) < 4.78 is 0. The van der Waals surface area contributed by atoms with Gasteiger partial charge in [-0.15, -0.1) is 0 Å². The number of aromatic nitrogens is 3. The van der Waals surface area contributed by atoms with E-state index < -0.39 is 0 Å². The summed E-state index contributed by atoms with van der Waals surface area (Å²) in [7, 11) is 0. The minimum atomic E-state index is -0.0419. The first kappa shape index (κ1) is 24.2. The summed E-state index contributed by atoms with van der Waals surface area (Å²) in [4.78, 5) is 18.7. The first-order valence-corrected chi connectivity index (χ1v) is 13.6. The van der Waals surface area contributed by atoms with Crippen molar-refractivity contribution in [1.82, 2.24) is 15.0 Å². The quantitative estimate of drug-likeness (QED) is 0.221. The molecule has 200 valence electrons. The molecule has 2 fully saturated rings. The summed E-state index contributed by atoms with van der Waals surface area (Å²) in [6.45, 7) is 2.53. The monoisotopic (exact) mass is 522 g/mol. The van der Waals surface area contributed by atoms with E-state index in [9.17, 15) is 0 Å². The minimum Gasteiger partial charge on any atom is -0.338 e. The van der Waals surface area contributed by atoms with Crippen LogP contribution in [0.15, 0.2) is 54.6 Å². The topological polar surface area (TPSA) is 161 Å². The first-order valence-electron chi connectivity index (χ1n) is 13.6. The number of rotatable bonds is 4. The summed E-state index contributed by atoms with van der Waals surface area (Å²) in [5.41, 5.74) is 26.2. The third-order valence-electron chi connectivity index (χ3n) is 7.98. The fourth-order valence-electron chi connectivity index (χ4n) is 6.34. The Labute approximate surface area is 226 Å². The summed E-state index contributed by atoms with van der Waals surface area (Å²) >= 11 is 0. The standard InChI is InChI=1S/C29H34N10/c30-19-10-20(31)13-38(12-19)28-35-27(36-29(37-28)39-14-21(32)11-22(33)15-39)34-24-9-7-18-5-4-16-2-1-3-17-6-8-23(24)26(18)25(16)17/h1-9,19-22H,10-15,30-33H2,(H,34,35,36,37). The van der Waals surface area contributed by atoms with Gasteiger partial charge in [-0.05, 0) is 45.8 Å². The van der Waals surface area contributed by atoms with Crippen molar-refractivity contribution in [3.63, 3.8) is 0 Å². The van der Waals surface area contributed by atoms with E-state index >= 15 is 0 Å². The minimum absolute atomic E-state index is 0.0419. The van der Waals surface area contributed by atoms with E-state index in [0.29, 0.717) is 44.0 Å². The molecule has 5 aromatic rings. The second-order valence-electron chi connectivity index (χ2n) is 11.2. The van der Waals surface area contributed by atoms with Crippen LogP contribution in [0, 0.1) is 0 Å². The van der Waals surface area contributed by atoms with Crippen LogP contribution in [0.4, 0.5) is 23.5 Å². The fraction of sp³-hybridized carbons (Fsp3) is 0.345. The predicted octanol–water partition coefficient (Wildman–Crippen LogP) is 2.24. The molecule has 9 N–H and O–H groups in total. The largest absolute Gasteiger partial charge is 0.338 e. The maximum absolute atomic E-state index is 6.31. The number of piperidine rings is 2. The molecule has 7 rings (SSSR count). The highest BCUT2D eigenvalue weighted by molar-refractivity contribution is 6.25. The van der Waals surface area contributed by atoms with E-state index in [2.05, 4.69) is 69.7 Å². The molecule has 4 atom stereocenters. The SMILES string of the molecule is NC1CC(N)CN(c2nc(Nc3ccc4ccc5cccc6ccc3c4c56)nc(N3CC(N)CC(N)C3)n2)C1. The molecular weight excluding hydrogens is 488 g/mol. The lowest BCUT2D eigenvalue weighted by molar-refractivity contribution is 0.441. The van der Waals surface area contributed by atoms with Gasteiger partial charge >= 0.3 is 0 Å². The molecule has 39 heavy (non-hydrogen) atoms. The number of anilines is 4. The molecule has 2 aliphatic rings. The van der Waals surface area contributed by atoms with Crippen molar-refractivity contribution in [2.75, 3.05) is 41.3 Å². The molecule has 2 aliphatic heterocycles. The maximum Gasteiger partial charge on any atom is 0.233 e. The van der Waals surface area contributed by atoms with Gasteiger partial charge in [0.15, 0.2) is 0 Å². The number of hydrogen-bond donors (Lipinski definition) is 5. The fourth-order valence-corrected chi connectivity index (χ4v) is 6.34. The molecule has 0 aliphatic carbocycles. The average molecular weight is 523 g/mol. The maximum atomic E-state index is 6.31. The zero-order valence-electron chi connectivity index (χ0n) is 21.8. The molecule has 3 heterocycles. The van der Waals surface area contributed by atoms with Crippen LogP contribution in [-0.4, -0.2) is 65.3 Å². The summed E-state index contributed by atoms with van der Waals surface area (Å²) in [5.74, 6) is 1.57. The van der Waals surface area contributed by atoms with Gasteiger partial charge in [-0.25, -0.2) is 0 Å². The van der Waals surface area contributed by atoms with Crippen LogP contribution in [0.2, 0.25) is 0 Å². The third kappa shape index (κ3) is 4.45. The molecule has 1 aromatic heterocycles. The number of benzene rings is 4. The van der Waals surface area contributed by atoms with Crippen molar-refractivity contribution in [2.24, 2.45) is 22.9 Å². The van der Waals surface area contributed by atoms with E-state index in [-0.39, 0.29) is 24.2 Å². The molecule has 0 bridgehead atoms. The Hall–Kier alpha value is -3.83. The summed E-state index contributed by atoms with van der Waals surface area (Å²) in [6.07, 6.45) is 1.55. The lowest BCUT2D eigenvalue weighted by atomic mass is 9.93. The molecule has 4 aromatic carbocycles. The molecule has 2 saturated heterocycles. The van der Waals surface area contributed by atoms with Gasteiger partial charge in [0.2, 0.25) is 17.8 Å². The molecule has 0 amide bonds. The van der Waals surface area contributed by atoms with Gasteiger partial charge in [0.25, 0.3) is 0 Å². The highest BCUT2D eigenvalue weighted by atomic mass is 15.4. The van der Waals surface area contributed by atoms with Crippen LogP contribution in [0.5, 0.6) is 0 Å². The van der Waals surface area contributed by atoms with Gasteiger partial charge in [0.1, 0.15) is 0 Å². The average Bonchev–Trinajstić information content (AvgIpc) is 2.91. The van der Waals surface area contributed by atoms with Crippen LogP contribution in [0.25, 0.3) is 32.3 Å². The highest BCUT2D eigenvalue weighted by Crippen LogP contribution is 2.38. The Balaban J connectivity index is 1.33. The van der Waals surface area contributed by atoms with Gasteiger partial charge in [0.05, 0.1) is 0 Å². The Morgan fingerprint density at radius 2 is 1.08 bits per heavy atom. The number of hydrogen-bond acceptors (Lipinski definition) is 10. The smallest absolute Gasteiger partial charge is 0.233 e. The van der Waals surface area contributed by atoms with Crippen molar-refractivity contribution >= 4 is 55.8 Å². The molecule has 0 saturated carbocycles. The third-order valence-corrected chi connectivity index (χ3v) is 7.98. The number of nitrogens with two attached hydrogens (primary N) is 4. The van der Waals surface area contributed by atoms with Crippen molar-refractivity contribution in [1.29, 1.82) is 0 Å². The normalized spacial score (nSPS) is 24.2. The van der Waals surface area contributed by atoms with Crippen molar-refractivity contribution in [2.45, 2.75) is 37.0 Å². The van der Waals surface area contributed by atoms with Gasteiger partial charge in [-0.1, -0.05) is 48.5 Å². The van der Waals surface area contributed by atoms with Crippen molar-refractivity contribution in [3.05, 3.63) is 54.6 Å². The van der Waals surface area contributed by atoms with Crippen molar-refractivity contribution < 1.29 is 0 Å². The number of nitrogens with one attached hydrogen (secondary N) is 1. The molecular formula is C29H34N10. The van der Waals surface area contributed by atoms with Gasteiger partial charge < -0.3 is 38.1 Å². The second kappa shape index (κ2) is 9.42. The van der Waals surface area contributed by atoms with E-state index in [0.717, 1.165) is 23.9 Å². The number of nitrogens with zero attached hydrogens (tertiary/aromatic N) is 5. The van der Waals surface area contributed by atoms with Crippen LogP contribution in [0.3, 0.4) is 0 Å². The van der Waals surface area contributed by atoms with Crippen molar-refractivity contribution in [3.8, 4) is 0 Å². The Kier molecular flexibility index (Phi) is 5.85. The zero-order valence-corrected chi connectivity index (χ0v) is 21.8. The molecule has 10 nitrogen and oxygen atoms in total. The van der Waals surface area contributed by atoms with Gasteiger partial charge in [0, 0.05) is 61.4 Å². The van der Waals surface area contributed by atoms with E-state index in [1.54, 1.807) is 0 Å². The van der Waals surface area contributed by atoms with Crippen LogP contribution in [-0.2, 0) is 0 Å². The molecule has 0 radical (unpaired) electrons. The lowest BCUT2D eigenvalue weighted by Gasteiger charge is -2.37. The van der Waals surface area contributed by atoms with Gasteiger partial charge in [-0.3, -0.25) is 0 Å². The Bertz CT molecular complexity index is 1570. The zero-order chi connectivity index (χ0) is 26.7. The molecule has 0 spiro atoms.